The van der Waals surface area contributed by atoms with Crippen molar-refractivity contribution in [1.29, 1.82) is 0 Å². The van der Waals surface area contributed by atoms with Gasteiger partial charge in [-0.2, -0.15) is 0 Å². The van der Waals surface area contributed by atoms with Crippen molar-refractivity contribution in [2.45, 2.75) is 58.4 Å². The molecule has 1 aromatic rings. The Morgan fingerprint density at radius 2 is 2.00 bits per heavy atom. The number of hydrogen-bond donors (Lipinski definition) is 1. The Hall–Kier alpha value is -0.600. The van der Waals surface area contributed by atoms with Crippen LogP contribution in [0.2, 0.25) is 5.02 Å². The molecule has 3 heteroatoms. The molecule has 112 valence electrons. The predicted octanol–water partition coefficient (Wildman–Crippen LogP) is 4.97. The van der Waals surface area contributed by atoms with Gasteiger partial charge in [-0.05, 0) is 55.0 Å². The van der Waals surface area contributed by atoms with Gasteiger partial charge in [0, 0.05) is 11.1 Å². The smallest absolute Gasteiger partial charge is 0.123 e. The van der Waals surface area contributed by atoms with Gasteiger partial charge in [0.2, 0.25) is 0 Å². The van der Waals surface area contributed by atoms with E-state index in [-0.39, 0.29) is 5.82 Å². The van der Waals surface area contributed by atoms with Crippen molar-refractivity contribution in [3.8, 4) is 0 Å². The molecule has 1 saturated carbocycles. The molecule has 0 saturated heterocycles. The van der Waals surface area contributed by atoms with Crippen molar-refractivity contribution in [2.24, 2.45) is 5.41 Å². The molecule has 0 bridgehead atoms. The minimum absolute atomic E-state index is 0.201. The normalized spacial score (nSPS) is 19.8. The fourth-order valence-electron chi connectivity index (χ4n) is 3.44. The molecule has 0 radical (unpaired) electrons. The second-order valence-electron chi connectivity index (χ2n) is 6.26. The van der Waals surface area contributed by atoms with Gasteiger partial charge in [0.15, 0.2) is 0 Å². The summed E-state index contributed by atoms with van der Waals surface area (Å²) in [4.78, 5) is 0. The third-order valence-electron chi connectivity index (χ3n) is 4.72. The summed E-state index contributed by atoms with van der Waals surface area (Å²) in [6.07, 6.45) is 7.25. The van der Waals surface area contributed by atoms with Crippen molar-refractivity contribution >= 4 is 11.6 Å². The Kier molecular flexibility index (Phi) is 5.45. The molecule has 1 atom stereocenters. The fraction of sp³-hybridized carbons (Fsp3) is 0.647. The maximum Gasteiger partial charge on any atom is 0.123 e. The third kappa shape index (κ3) is 3.73. The average Bonchev–Trinajstić information content (AvgIpc) is 2.43. The zero-order chi connectivity index (χ0) is 14.6. The molecule has 2 rings (SSSR count). The van der Waals surface area contributed by atoms with E-state index in [4.69, 9.17) is 11.6 Å². The Bertz CT molecular complexity index is 441. The Morgan fingerprint density at radius 3 is 2.65 bits per heavy atom. The largest absolute Gasteiger partial charge is 0.313 e. The van der Waals surface area contributed by atoms with Gasteiger partial charge >= 0.3 is 0 Å². The summed E-state index contributed by atoms with van der Waals surface area (Å²) in [6.45, 7) is 5.44. The van der Waals surface area contributed by atoms with Crippen molar-refractivity contribution in [1.82, 2.24) is 5.32 Å². The first kappa shape index (κ1) is 15.8. The lowest BCUT2D eigenvalue weighted by atomic mass is 9.69. The molecule has 0 amide bonds. The monoisotopic (exact) mass is 297 g/mol. The number of benzene rings is 1. The van der Waals surface area contributed by atoms with E-state index < -0.39 is 0 Å². The highest BCUT2D eigenvalue weighted by atomic mass is 35.5. The van der Waals surface area contributed by atoms with E-state index in [1.807, 2.05) is 0 Å². The fourth-order valence-corrected chi connectivity index (χ4v) is 3.63. The first-order valence-electron chi connectivity index (χ1n) is 7.72. The zero-order valence-electron chi connectivity index (χ0n) is 12.5. The summed E-state index contributed by atoms with van der Waals surface area (Å²) in [5, 5.41) is 4.28. The summed E-state index contributed by atoms with van der Waals surface area (Å²) >= 11 is 6.23. The molecule has 0 spiro atoms. The number of hydrogen-bond acceptors (Lipinski definition) is 1. The Balaban J connectivity index is 2.18. The minimum Gasteiger partial charge on any atom is -0.313 e. The van der Waals surface area contributed by atoms with Gasteiger partial charge in [0.05, 0.1) is 0 Å². The number of halogens is 2. The summed E-state index contributed by atoms with van der Waals surface area (Å²) < 4.78 is 13.4. The predicted molar refractivity (Wildman–Crippen MR) is 83.8 cm³/mol. The lowest BCUT2D eigenvalue weighted by molar-refractivity contribution is 0.145. The SMILES string of the molecule is CCNC(Cc1cc(F)ccc1Cl)C1(C)CCCCC1. The van der Waals surface area contributed by atoms with Crippen LogP contribution in [0.25, 0.3) is 0 Å². The topological polar surface area (TPSA) is 12.0 Å². The molecule has 0 aliphatic heterocycles. The molecular formula is C17H25ClFN. The molecule has 1 fully saturated rings. The van der Waals surface area contributed by atoms with Gasteiger partial charge in [-0.3, -0.25) is 0 Å². The molecule has 1 nitrogen and oxygen atoms in total. The van der Waals surface area contributed by atoms with Crippen molar-refractivity contribution in [3.63, 3.8) is 0 Å². The van der Waals surface area contributed by atoms with Crippen LogP contribution < -0.4 is 5.32 Å². The third-order valence-corrected chi connectivity index (χ3v) is 5.09. The number of likely N-dealkylation sites (N-methyl/N-ethyl adjacent to an activating group) is 1. The maximum atomic E-state index is 13.4. The van der Waals surface area contributed by atoms with Gasteiger partial charge in [0.25, 0.3) is 0 Å². The van der Waals surface area contributed by atoms with Crippen LogP contribution in [0.5, 0.6) is 0 Å². The molecule has 1 unspecified atom stereocenters. The van der Waals surface area contributed by atoms with Crippen LogP contribution in [0.15, 0.2) is 18.2 Å². The first-order chi connectivity index (χ1) is 9.55. The van der Waals surface area contributed by atoms with E-state index in [0.29, 0.717) is 16.5 Å². The number of nitrogens with one attached hydrogen (secondary N) is 1. The highest BCUT2D eigenvalue weighted by Crippen LogP contribution is 2.40. The van der Waals surface area contributed by atoms with Gasteiger partial charge in [-0.15, -0.1) is 0 Å². The molecular weight excluding hydrogens is 273 g/mol. The van der Waals surface area contributed by atoms with E-state index in [1.165, 1.54) is 38.2 Å². The molecule has 20 heavy (non-hydrogen) atoms. The van der Waals surface area contributed by atoms with Crippen molar-refractivity contribution < 1.29 is 4.39 Å². The van der Waals surface area contributed by atoms with Crippen LogP contribution in [0.1, 0.15) is 51.5 Å². The van der Waals surface area contributed by atoms with E-state index in [0.717, 1.165) is 18.5 Å². The van der Waals surface area contributed by atoms with Gasteiger partial charge in [0.1, 0.15) is 5.82 Å². The molecule has 1 aliphatic carbocycles. The van der Waals surface area contributed by atoms with Gasteiger partial charge < -0.3 is 5.32 Å². The van der Waals surface area contributed by atoms with Gasteiger partial charge in [-0.25, -0.2) is 4.39 Å². The Labute approximate surface area is 126 Å². The lowest BCUT2D eigenvalue weighted by Gasteiger charge is -2.41. The van der Waals surface area contributed by atoms with Crippen LogP contribution in [0.4, 0.5) is 4.39 Å². The molecule has 0 heterocycles. The highest BCUT2D eigenvalue weighted by Gasteiger charge is 2.35. The second-order valence-corrected chi connectivity index (χ2v) is 6.67. The maximum absolute atomic E-state index is 13.4. The van der Waals surface area contributed by atoms with E-state index in [2.05, 4.69) is 19.2 Å². The highest BCUT2D eigenvalue weighted by molar-refractivity contribution is 6.31. The lowest BCUT2D eigenvalue weighted by Crippen LogP contribution is -2.46. The molecule has 1 aliphatic rings. The molecule has 1 N–H and O–H groups in total. The van der Waals surface area contributed by atoms with Crippen LogP contribution in [0, 0.1) is 11.2 Å². The van der Waals surface area contributed by atoms with Crippen LogP contribution >= 0.6 is 11.6 Å². The van der Waals surface area contributed by atoms with E-state index in [9.17, 15) is 4.39 Å². The molecule has 0 aromatic heterocycles. The quantitative estimate of drug-likeness (QED) is 0.809. The van der Waals surface area contributed by atoms with Crippen molar-refractivity contribution in [2.75, 3.05) is 6.54 Å². The number of rotatable bonds is 5. The molecule has 1 aromatic carbocycles. The minimum atomic E-state index is -0.201. The summed E-state index contributed by atoms with van der Waals surface area (Å²) in [7, 11) is 0. The standard InChI is InChI=1S/C17H25ClFN/c1-3-20-16(17(2)9-5-4-6-10-17)12-13-11-14(19)7-8-15(13)18/h7-8,11,16,20H,3-6,9-10,12H2,1-2H3. The van der Waals surface area contributed by atoms with Crippen LogP contribution in [-0.4, -0.2) is 12.6 Å². The van der Waals surface area contributed by atoms with Gasteiger partial charge in [-0.1, -0.05) is 44.7 Å². The Morgan fingerprint density at radius 1 is 1.30 bits per heavy atom. The summed E-state index contributed by atoms with van der Waals surface area (Å²) in [6, 6.07) is 5.04. The van der Waals surface area contributed by atoms with Crippen LogP contribution in [-0.2, 0) is 6.42 Å². The average molecular weight is 298 g/mol. The summed E-state index contributed by atoms with van der Waals surface area (Å²) in [5.41, 5.74) is 1.22. The van der Waals surface area contributed by atoms with Crippen molar-refractivity contribution in [3.05, 3.63) is 34.6 Å². The first-order valence-corrected chi connectivity index (χ1v) is 8.10. The van der Waals surface area contributed by atoms with Crippen LogP contribution in [0.3, 0.4) is 0 Å². The zero-order valence-corrected chi connectivity index (χ0v) is 13.3. The van der Waals surface area contributed by atoms with E-state index >= 15 is 0 Å². The second kappa shape index (κ2) is 6.91. The van der Waals surface area contributed by atoms with E-state index in [1.54, 1.807) is 12.1 Å². The summed E-state index contributed by atoms with van der Waals surface area (Å²) in [5.74, 6) is -0.201.